The maximum absolute atomic E-state index is 14.5. The van der Waals surface area contributed by atoms with Gasteiger partial charge in [0.05, 0.1) is 23.4 Å². The van der Waals surface area contributed by atoms with Crippen molar-refractivity contribution in [3.63, 3.8) is 0 Å². The third-order valence-electron chi connectivity index (χ3n) is 4.74. The average molecular weight is 348 g/mol. The molecule has 0 aliphatic carbocycles. The van der Waals surface area contributed by atoms with E-state index in [0.717, 1.165) is 17.0 Å². The molecule has 0 N–H and O–H groups in total. The van der Waals surface area contributed by atoms with Crippen molar-refractivity contribution in [1.82, 2.24) is 9.78 Å². The molecule has 7 heteroatoms. The summed E-state index contributed by atoms with van der Waals surface area (Å²) < 4.78 is 27.7. The van der Waals surface area contributed by atoms with Crippen LogP contribution in [0, 0.1) is 6.92 Å². The highest BCUT2D eigenvalue weighted by Crippen LogP contribution is 2.38. The van der Waals surface area contributed by atoms with Gasteiger partial charge in [0, 0.05) is 16.6 Å². The predicted octanol–water partition coefficient (Wildman–Crippen LogP) is 4.40. The number of aromatic nitrogens is 2. The summed E-state index contributed by atoms with van der Waals surface area (Å²) in [6.07, 6.45) is 1.47. The van der Waals surface area contributed by atoms with E-state index >= 15 is 0 Å². The van der Waals surface area contributed by atoms with Crippen LogP contribution < -0.4 is 0 Å². The molecular formula is C17H22BFN2O2S. The average Bonchev–Trinajstić information content (AvgIpc) is 3.16. The number of nitrogens with zero attached hydrogens (tertiary/aromatic N) is 2. The molecule has 24 heavy (non-hydrogen) atoms. The third-order valence-corrected chi connectivity index (χ3v) is 5.42. The van der Waals surface area contributed by atoms with Crippen molar-refractivity contribution in [3.8, 4) is 11.3 Å². The summed E-state index contributed by atoms with van der Waals surface area (Å²) >= 11 is 1.63. The van der Waals surface area contributed by atoms with Crippen LogP contribution in [0.5, 0.6) is 0 Å². The lowest BCUT2D eigenvalue weighted by molar-refractivity contribution is 0.00578. The molecule has 1 aliphatic heterocycles. The molecule has 0 atom stereocenters. The van der Waals surface area contributed by atoms with Gasteiger partial charge in [-0.2, -0.15) is 16.4 Å². The van der Waals surface area contributed by atoms with E-state index in [2.05, 4.69) is 5.10 Å². The SMILES string of the molecule is Cc1cc(-c2ccsc2)nn1CC=C(F)B1OC(C)(C)C(C)(C)O1. The van der Waals surface area contributed by atoms with Gasteiger partial charge in [-0.1, -0.05) is 0 Å². The number of thiophene rings is 1. The standard InChI is InChI=1S/C17H22BFN2O2S/c1-12-10-14(13-7-9-24-11-13)20-21(12)8-6-15(19)18-22-16(2,3)17(4,5)23-18/h6-7,9-11H,8H2,1-5H3. The molecule has 3 rings (SSSR count). The van der Waals surface area contributed by atoms with Crippen molar-refractivity contribution in [1.29, 1.82) is 0 Å². The van der Waals surface area contributed by atoms with E-state index in [1.807, 2.05) is 57.5 Å². The summed E-state index contributed by atoms with van der Waals surface area (Å²) in [6.45, 7) is 9.93. The Kier molecular flexibility index (Phi) is 4.44. The molecule has 0 unspecified atom stereocenters. The smallest absolute Gasteiger partial charge is 0.398 e. The van der Waals surface area contributed by atoms with Gasteiger partial charge in [-0.15, -0.1) is 0 Å². The lowest BCUT2D eigenvalue weighted by Crippen LogP contribution is -2.41. The maximum atomic E-state index is 14.5. The first-order valence-corrected chi connectivity index (χ1v) is 8.92. The van der Waals surface area contributed by atoms with Gasteiger partial charge >= 0.3 is 7.12 Å². The largest absolute Gasteiger partial charge is 0.524 e. The topological polar surface area (TPSA) is 36.3 Å². The van der Waals surface area contributed by atoms with E-state index in [1.165, 1.54) is 6.08 Å². The fraction of sp³-hybridized carbons (Fsp3) is 0.471. The van der Waals surface area contributed by atoms with Crippen molar-refractivity contribution < 1.29 is 13.7 Å². The Bertz CT molecular complexity index is 737. The molecule has 2 aromatic heterocycles. The highest BCUT2D eigenvalue weighted by molar-refractivity contribution is 7.08. The minimum Gasteiger partial charge on any atom is -0.398 e. The van der Waals surface area contributed by atoms with Crippen LogP contribution in [-0.4, -0.2) is 28.1 Å². The molecule has 1 fully saturated rings. The van der Waals surface area contributed by atoms with Crippen LogP contribution in [0.25, 0.3) is 11.3 Å². The number of aryl methyl sites for hydroxylation is 1. The fourth-order valence-corrected chi connectivity index (χ4v) is 3.12. The number of rotatable bonds is 4. The van der Waals surface area contributed by atoms with Gasteiger partial charge in [-0.3, -0.25) is 4.68 Å². The normalized spacial score (nSPS) is 19.9. The molecule has 0 radical (unpaired) electrons. The molecule has 0 aromatic carbocycles. The van der Waals surface area contributed by atoms with Crippen molar-refractivity contribution in [2.75, 3.05) is 0 Å². The monoisotopic (exact) mass is 348 g/mol. The predicted molar refractivity (Wildman–Crippen MR) is 95.6 cm³/mol. The van der Waals surface area contributed by atoms with E-state index in [4.69, 9.17) is 9.31 Å². The summed E-state index contributed by atoms with van der Waals surface area (Å²) in [5.74, 6) is 0. The van der Waals surface area contributed by atoms with E-state index < -0.39 is 24.0 Å². The van der Waals surface area contributed by atoms with Crippen LogP contribution in [0.4, 0.5) is 4.39 Å². The minimum absolute atomic E-state index is 0.339. The van der Waals surface area contributed by atoms with E-state index in [9.17, 15) is 4.39 Å². The van der Waals surface area contributed by atoms with Crippen LogP contribution in [0.1, 0.15) is 33.4 Å². The second-order valence-corrected chi connectivity index (χ2v) is 7.82. The van der Waals surface area contributed by atoms with Gasteiger partial charge in [0.15, 0.2) is 0 Å². The summed E-state index contributed by atoms with van der Waals surface area (Å²) in [5.41, 5.74) is 1.46. The molecule has 0 bridgehead atoms. The number of hydrogen-bond acceptors (Lipinski definition) is 4. The Morgan fingerprint density at radius 1 is 1.33 bits per heavy atom. The molecule has 1 saturated heterocycles. The summed E-state index contributed by atoms with van der Waals surface area (Å²) in [6, 6.07) is 4.03. The zero-order chi connectivity index (χ0) is 17.5. The number of hydrogen-bond donors (Lipinski definition) is 0. The third kappa shape index (κ3) is 3.20. The van der Waals surface area contributed by atoms with Crippen LogP contribution in [-0.2, 0) is 15.9 Å². The zero-order valence-corrected chi connectivity index (χ0v) is 15.5. The lowest BCUT2D eigenvalue weighted by Gasteiger charge is -2.32. The Morgan fingerprint density at radius 2 is 2.00 bits per heavy atom. The molecule has 4 nitrogen and oxygen atoms in total. The highest BCUT2D eigenvalue weighted by Gasteiger charge is 2.52. The molecule has 0 saturated carbocycles. The van der Waals surface area contributed by atoms with Gasteiger partial charge < -0.3 is 9.31 Å². The quantitative estimate of drug-likeness (QED) is 0.768. The lowest BCUT2D eigenvalue weighted by atomic mass is 9.88. The molecule has 2 aromatic rings. The van der Waals surface area contributed by atoms with Crippen LogP contribution in [0.2, 0.25) is 0 Å². The van der Waals surface area contributed by atoms with Gasteiger partial charge in [-0.05, 0) is 58.2 Å². The minimum atomic E-state index is -0.956. The van der Waals surface area contributed by atoms with Crippen molar-refractivity contribution in [2.45, 2.75) is 52.4 Å². The zero-order valence-electron chi connectivity index (χ0n) is 14.7. The Balaban J connectivity index is 1.72. The summed E-state index contributed by atoms with van der Waals surface area (Å²) in [4.78, 5) is 0. The number of halogens is 1. The van der Waals surface area contributed by atoms with Gasteiger partial charge in [0.25, 0.3) is 0 Å². The Hall–Kier alpha value is -1.44. The Morgan fingerprint density at radius 3 is 2.58 bits per heavy atom. The second-order valence-electron chi connectivity index (χ2n) is 7.04. The highest BCUT2D eigenvalue weighted by atomic mass is 32.1. The first-order valence-electron chi connectivity index (χ1n) is 7.98. The summed E-state index contributed by atoms with van der Waals surface area (Å²) in [5, 5.41) is 8.60. The molecule has 128 valence electrons. The molecule has 3 heterocycles. The molecule has 0 amide bonds. The van der Waals surface area contributed by atoms with Crippen LogP contribution >= 0.6 is 11.3 Å². The van der Waals surface area contributed by atoms with Crippen LogP contribution in [0.3, 0.4) is 0 Å². The van der Waals surface area contributed by atoms with E-state index in [0.29, 0.717) is 6.54 Å². The van der Waals surface area contributed by atoms with Gasteiger partial charge in [0.1, 0.15) is 5.73 Å². The second kappa shape index (κ2) is 6.13. The van der Waals surface area contributed by atoms with Crippen LogP contribution in [0.15, 0.2) is 34.7 Å². The Labute approximate surface area is 146 Å². The van der Waals surface area contributed by atoms with E-state index in [-0.39, 0.29) is 0 Å². The fourth-order valence-electron chi connectivity index (χ4n) is 2.47. The van der Waals surface area contributed by atoms with Crippen molar-refractivity contribution >= 4 is 18.5 Å². The van der Waals surface area contributed by atoms with Gasteiger partial charge in [-0.25, -0.2) is 4.39 Å². The van der Waals surface area contributed by atoms with E-state index in [1.54, 1.807) is 16.0 Å². The molecule has 1 aliphatic rings. The molecular weight excluding hydrogens is 326 g/mol. The summed E-state index contributed by atoms with van der Waals surface area (Å²) in [7, 11) is -0.956. The van der Waals surface area contributed by atoms with Crippen molar-refractivity contribution in [2.24, 2.45) is 0 Å². The first-order chi connectivity index (χ1) is 11.2. The van der Waals surface area contributed by atoms with Gasteiger partial charge in [0.2, 0.25) is 0 Å². The van der Waals surface area contributed by atoms with Crippen molar-refractivity contribution in [3.05, 3.63) is 40.4 Å². The maximum Gasteiger partial charge on any atom is 0.524 e. The first kappa shape index (κ1) is 17.4. The number of allylic oxidation sites excluding steroid dienone is 1. The molecule has 0 spiro atoms.